The maximum Gasteiger partial charge on any atom is 0.328 e. The number of benzene rings is 1. The van der Waals surface area contributed by atoms with Crippen molar-refractivity contribution in [1.29, 1.82) is 0 Å². The number of hydrogen-bond donors (Lipinski definition) is 1. The number of carbonyl (C=O) groups is 3. The largest absolute Gasteiger partial charge is 0.618 e. The minimum Gasteiger partial charge on any atom is -0.618 e. The molecule has 1 N–H and O–H groups in total. The summed E-state index contributed by atoms with van der Waals surface area (Å²) in [6, 6.07) is 11.7. The molecule has 0 spiro atoms. The second-order valence-corrected chi connectivity index (χ2v) is 10.9. The average Bonchev–Trinajstić information content (AvgIpc) is 2.87. The fraction of sp³-hybridized carbons (Fsp3) is 0.500. The van der Waals surface area contributed by atoms with Crippen molar-refractivity contribution in [1.82, 2.24) is 5.32 Å². The van der Waals surface area contributed by atoms with Gasteiger partial charge in [-0.1, -0.05) is 12.1 Å². The fourth-order valence-corrected chi connectivity index (χ4v) is 7.33. The van der Waals surface area contributed by atoms with Gasteiger partial charge in [-0.05, 0) is 74.1 Å². The van der Waals surface area contributed by atoms with E-state index < -0.39 is 22.8 Å². The number of ether oxygens (including phenoxy) is 2. The summed E-state index contributed by atoms with van der Waals surface area (Å²) in [6.45, 7) is 0. The smallest absolute Gasteiger partial charge is 0.328 e. The van der Waals surface area contributed by atoms with Gasteiger partial charge in [-0.15, -0.1) is 0 Å². The van der Waals surface area contributed by atoms with Crippen molar-refractivity contribution in [2.75, 3.05) is 14.2 Å². The highest BCUT2D eigenvalue weighted by molar-refractivity contribution is 5.90. The predicted molar refractivity (Wildman–Crippen MR) is 130 cm³/mol. The number of aromatic nitrogens is 1. The Labute approximate surface area is 210 Å². The third-order valence-electron chi connectivity index (χ3n) is 8.47. The molecule has 4 aliphatic carbocycles. The lowest BCUT2D eigenvalue weighted by Crippen LogP contribution is -2.61. The van der Waals surface area contributed by atoms with Gasteiger partial charge in [-0.25, -0.2) is 4.79 Å². The highest BCUT2D eigenvalue weighted by Gasteiger charge is 2.63. The van der Waals surface area contributed by atoms with Crippen LogP contribution in [0.1, 0.15) is 44.1 Å². The van der Waals surface area contributed by atoms with Crippen molar-refractivity contribution in [3.63, 3.8) is 0 Å². The van der Waals surface area contributed by atoms with Crippen LogP contribution in [0.25, 0.3) is 11.3 Å². The van der Waals surface area contributed by atoms with Gasteiger partial charge in [0.15, 0.2) is 6.20 Å². The van der Waals surface area contributed by atoms with E-state index in [4.69, 9.17) is 9.47 Å². The van der Waals surface area contributed by atoms with Crippen LogP contribution in [0, 0.1) is 27.9 Å². The van der Waals surface area contributed by atoms with Crippen molar-refractivity contribution in [3.05, 3.63) is 59.4 Å². The molecule has 36 heavy (non-hydrogen) atoms. The molecular weight excluding hydrogens is 460 g/mol. The first-order chi connectivity index (χ1) is 17.3. The van der Waals surface area contributed by atoms with Gasteiger partial charge >= 0.3 is 11.9 Å². The molecule has 0 aliphatic heterocycles. The zero-order chi connectivity index (χ0) is 25.5. The Morgan fingerprint density at radius 3 is 2.28 bits per heavy atom. The molecule has 0 radical (unpaired) electrons. The molecule has 190 valence electrons. The van der Waals surface area contributed by atoms with E-state index in [2.05, 4.69) is 5.32 Å². The number of amides is 1. The Bertz CT molecular complexity index is 1160. The Kier molecular flexibility index (Phi) is 6.22. The monoisotopic (exact) mass is 492 g/mol. The molecule has 4 bridgehead atoms. The molecule has 4 fully saturated rings. The molecule has 8 nitrogen and oxygen atoms in total. The molecule has 1 aromatic heterocycles. The first-order valence-corrected chi connectivity index (χ1v) is 12.5. The van der Waals surface area contributed by atoms with Gasteiger partial charge in [0.2, 0.25) is 11.6 Å². The predicted octanol–water partition coefficient (Wildman–Crippen LogP) is 2.95. The molecule has 4 aliphatic rings. The topological polar surface area (TPSA) is 109 Å². The van der Waals surface area contributed by atoms with Crippen molar-refractivity contribution in [2.45, 2.75) is 51.0 Å². The van der Waals surface area contributed by atoms with E-state index in [0.29, 0.717) is 24.0 Å². The van der Waals surface area contributed by atoms with Crippen LogP contribution >= 0.6 is 0 Å². The number of hydrogen-bond acceptors (Lipinski definition) is 6. The molecular formula is C28H32N2O6. The SMILES string of the molecule is COC(=O)[C@H](Cc1ccc(-c2cccc[n+]2[O-])cc1)NC(=O)C12CC3CC(C1)CC(C(=O)OC)(C3)C2. The molecule has 1 aromatic carbocycles. The molecule has 2 unspecified atom stereocenters. The van der Waals surface area contributed by atoms with Crippen LogP contribution in [0.3, 0.4) is 0 Å². The van der Waals surface area contributed by atoms with Gasteiger partial charge in [-0.2, -0.15) is 4.73 Å². The fourth-order valence-electron chi connectivity index (χ4n) is 7.33. The van der Waals surface area contributed by atoms with Crippen LogP contribution < -0.4 is 10.0 Å². The lowest BCUT2D eigenvalue weighted by molar-refractivity contribution is -0.593. The molecule has 1 heterocycles. The Morgan fingerprint density at radius 1 is 1.00 bits per heavy atom. The molecule has 0 saturated heterocycles. The molecule has 2 aromatic rings. The maximum atomic E-state index is 13.7. The van der Waals surface area contributed by atoms with Crippen molar-refractivity contribution < 1.29 is 28.6 Å². The third-order valence-corrected chi connectivity index (χ3v) is 8.47. The number of nitrogens with one attached hydrogen (secondary N) is 1. The van der Waals surface area contributed by atoms with E-state index in [1.807, 2.05) is 24.3 Å². The van der Waals surface area contributed by atoms with Crippen LogP contribution in [0.5, 0.6) is 0 Å². The highest BCUT2D eigenvalue weighted by atomic mass is 16.5. The molecule has 1 amide bonds. The van der Waals surface area contributed by atoms with Gasteiger partial charge < -0.3 is 20.0 Å². The Hall–Kier alpha value is -3.42. The van der Waals surface area contributed by atoms with E-state index in [9.17, 15) is 19.6 Å². The van der Waals surface area contributed by atoms with Crippen LogP contribution in [0.4, 0.5) is 0 Å². The molecule has 6 rings (SSSR count). The maximum absolute atomic E-state index is 13.7. The summed E-state index contributed by atoms with van der Waals surface area (Å²) in [6.07, 6.45) is 6.26. The standard InChI is InChI=1S/C28H32N2O6/c1-35-24(31)22(12-18-6-8-21(9-7-18)23-5-3-4-10-30(23)34)29-25(32)27-13-19-11-20(14-27)16-28(15-19,17-27)26(33)36-2/h3-10,19-20,22H,11-17H2,1-2H3,(H,29,32)/t19?,20?,22-,27?,28?/m0/s1. The summed E-state index contributed by atoms with van der Waals surface area (Å²) in [5.41, 5.74) is 0.865. The zero-order valence-corrected chi connectivity index (χ0v) is 20.7. The average molecular weight is 493 g/mol. The van der Waals surface area contributed by atoms with Crippen LogP contribution in [-0.4, -0.2) is 38.1 Å². The van der Waals surface area contributed by atoms with Gasteiger partial charge in [-0.3, -0.25) is 9.59 Å². The van der Waals surface area contributed by atoms with Gasteiger partial charge in [0.05, 0.1) is 25.0 Å². The van der Waals surface area contributed by atoms with Crippen molar-refractivity contribution >= 4 is 17.8 Å². The first-order valence-electron chi connectivity index (χ1n) is 12.5. The van der Waals surface area contributed by atoms with Crippen molar-refractivity contribution in [3.8, 4) is 11.3 Å². The minimum atomic E-state index is -0.850. The summed E-state index contributed by atoms with van der Waals surface area (Å²) in [5, 5.41) is 15.0. The van der Waals surface area contributed by atoms with Gasteiger partial charge in [0.1, 0.15) is 6.04 Å². The van der Waals surface area contributed by atoms with Crippen molar-refractivity contribution in [2.24, 2.45) is 22.7 Å². The summed E-state index contributed by atoms with van der Waals surface area (Å²) >= 11 is 0. The first kappa shape index (κ1) is 24.3. The molecule has 8 heteroatoms. The van der Waals surface area contributed by atoms with Gasteiger partial charge in [0.25, 0.3) is 0 Å². The summed E-state index contributed by atoms with van der Waals surface area (Å²) in [7, 11) is 2.73. The summed E-state index contributed by atoms with van der Waals surface area (Å²) in [4.78, 5) is 39.2. The van der Waals surface area contributed by atoms with Gasteiger partial charge in [0, 0.05) is 24.1 Å². The van der Waals surface area contributed by atoms with E-state index in [1.54, 1.807) is 18.2 Å². The second-order valence-electron chi connectivity index (χ2n) is 10.9. The number of esters is 2. The minimum absolute atomic E-state index is 0.173. The summed E-state index contributed by atoms with van der Waals surface area (Å²) < 4.78 is 11.0. The Balaban J connectivity index is 1.34. The lowest BCUT2D eigenvalue weighted by Gasteiger charge is -2.59. The van der Waals surface area contributed by atoms with Crippen LogP contribution in [-0.2, 0) is 30.3 Å². The number of rotatable bonds is 7. The van der Waals surface area contributed by atoms with Crippen LogP contribution in [0.2, 0.25) is 0 Å². The van der Waals surface area contributed by atoms with E-state index in [1.165, 1.54) is 20.4 Å². The molecule has 3 atom stereocenters. The Morgan fingerprint density at radius 2 is 1.67 bits per heavy atom. The number of pyridine rings is 1. The molecule has 4 saturated carbocycles. The van der Waals surface area contributed by atoms with E-state index in [-0.39, 0.29) is 18.3 Å². The third kappa shape index (κ3) is 4.22. The normalized spacial score (nSPS) is 28.8. The van der Waals surface area contributed by atoms with E-state index in [0.717, 1.165) is 48.0 Å². The zero-order valence-electron chi connectivity index (χ0n) is 20.7. The highest BCUT2D eigenvalue weighted by Crippen LogP contribution is 2.65. The second kappa shape index (κ2) is 9.22. The number of methoxy groups -OCH3 is 2. The quantitative estimate of drug-likeness (QED) is 0.362. The lowest BCUT2D eigenvalue weighted by atomic mass is 9.44. The summed E-state index contributed by atoms with van der Waals surface area (Å²) in [5.74, 6) is -0.256. The number of nitrogens with zero attached hydrogens (tertiary/aromatic N) is 1. The van der Waals surface area contributed by atoms with E-state index >= 15 is 0 Å². The van der Waals surface area contributed by atoms with Crippen LogP contribution in [0.15, 0.2) is 48.7 Å². The number of carbonyl (C=O) groups excluding carboxylic acids is 3.